The fraction of sp³-hybridized carbons (Fsp3) is 0.259. The lowest BCUT2D eigenvalue weighted by molar-refractivity contribution is -0.147. The third-order valence-corrected chi connectivity index (χ3v) is 6.23. The van der Waals surface area contributed by atoms with Gasteiger partial charge in [0.05, 0.1) is 6.54 Å². The number of hydrogen-bond acceptors (Lipinski definition) is 5. The number of aliphatic hydroxyl groups is 2. The minimum absolute atomic E-state index is 0.0795. The Bertz CT molecular complexity index is 1200. The molecule has 2 radical (unpaired) electrons. The van der Waals surface area contributed by atoms with E-state index in [9.17, 15) is 24.9 Å². The second-order valence-corrected chi connectivity index (χ2v) is 8.89. The number of hydrogen-bond donors (Lipinski definition) is 4. The van der Waals surface area contributed by atoms with Gasteiger partial charge in [-0.3, -0.25) is 4.79 Å². The topological polar surface area (TPSA) is 113 Å². The molecule has 3 aromatic carbocycles. The molecule has 36 heavy (non-hydrogen) atoms. The molecule has 0 aliphatic carbocycles. The van der Waals surface area contributed by atoms with E-state index in [0.717, 1.165) is 11.1 Å². The van der Waals surface area contributed by atoms with Crippen LogP contribution in [0.15, 0.2) is 72.8 Å². The van der Waals surface area contributed by atoms with Gasteiger partial charge in [-0.05, 0) is 47.4 Å². The number of nitrogens with zero attached hydrogens (tertiary/aromatic N) is 2. The minimum atomic E-state index is -1.69. The van der Waals surface area contributed by atoms with E-state index < -0.39 is 24.1 Å². The first-order chi connectivity index (χ1) is 17.3. The maximum atomic E-state index is 13.1. The SMILES string of the molecule is [B]c1ccc(NC(=O)N(Cc2ccc(O)cc2)C[C@H](O)[C@@H](O)C(=O)N2CCc3ccccc3C2)cc1. The van der Waals surface area contributed by atoms with Gasteiger partial charge in [0, 0.05) is 25.3 Å². The zero-order chi connectivity index (χ0) is 25.7. The van der Waals surface area contributed by atoms with Crippen LogP contribution in [0.2, 0.25) is 0 Å². The van der Waals surface area contributed by atoms with Crippen molar-refractivity contribution in [2.45, 2.75) is 31.7 Å². The van der Waals surface area contributed by atoms with Crippen LogP contribution in [-0.4, -0.2) is 70.2 Å². The number of nitrogens with one attached hydrogen (secondary N) is 1. The highest BCUT2D eigenvalue weighted by Crippen LogP contribution is 2.20. The summed E-state index contributed by atoms with van der Waals surface area (Å²) in [5, 5.41) is 33.8. The molecule has 0 unspecified atom stereocenters. The molecule has 0 bridgehead atoms. The fourth-order valence-corrected chi connectivity index (χ4v) is 4.17. The van der Waals surface area contributed by atoms with Crippen LogP contribution in [-0.2, 0) is 24.3 Å². The smallest absolute Gasteiger partial charge is 0.322 e. The van der Waals surface area contributed by atoms with Crippen LogP contribution >= 0.6 is 0 Å². The molecule has 3 aromatic rings. The van der Waals surface area contributed by atoms with Crippen LogP contribution < -0.4 is 10.8 Å². The summed E-state index contributed by atoms with van der Waals surface area (Å²) < 4.78 is 0. The van der Waals surface area contributed by atoms with Crippen molar-refractivity contribution in [3.63, 3.8) is 0 Å². The van der Waals surface area contributed by atoms with E-state index in [1.807, 2.05) is 24.3 Å². The summed E-state index contributed by atoms with van der Waals surface area (Å²) in [5.74, 6) is -0.499. The van der Waals surface area contributed by atoms with Crippen LogP contribution in [0.25, 0.3) is 0 Å². The first kappa shape index (κ1) is 25.3. The molecular formula is C27H28BN3O5. The van der Waals surface area contributed by atoms with Crippen molar-refractivity contribution in [2.75, 3.05) is 18.4 Å². The molecule has 9 heteroatoms. The van der Waals surface area contributed by atoms with Gasteiger partial charge in [0.25, 0.3) is 5.91 Å². The van der Waals surface area contributed by atoms with Crippen molar-refractivity contribution in [3.8, 4) is 5.75 Å². The number of amides is 3. The average molecular weight is 485 g/mol. The van der Waals surface area contributed by atoms with E-state index in [4.69, 9.17) is 7.85 Å². The molecule has 184 valence electrons. The van der Waals surface area contributed by atoms with Gasteiger partial charge in [-0.1, -0.05) is 54.0 Å². The standard InChI is InChI=1S/C27H28BN3O5/c28-21-7-9-22(10-8-21)29-27(36)31(15-18-5-11-23(32)12-6-18)17-24(33)25(34)26(35)30-14-13-19-3-1-2-4-20(19)16-30/h1-12,24-25,32-34H,13-17H2,(H,29,36)/t24-,25+/m0/s1. The highest BCUT2D eigenvalue weighted by molar-refractivity contribution is 6.32. The lowest BCUT2D eigenvalue weighted by Gasteiger charge is -2.33. The number of phenolic OH excluding ortho intramolecular Hbond substituents is 1. The lowest BCUT2D eigenvalue weighted by atomic mass is 9.96. The van der Waals surface area contributed by atoms with E-state index in [1.54, 1.807) is 36.4 Å². The van der Waals surface area contributed by atoms with Gasteiger partial charge in [0.1, 0.15) is 19.7 Å². The number of carbonyl (C=O) groups excluding carboxylic acids is 2. The molecule has 1 heterocycles. The van der Waals surface area contributed by atoms with Crippen molar-refractivity contribution in [3.05, 3.63) is 89.5 Å². The van der Waals surface area contributed by atoms with E-state index in [1.165, 1.54) is 21.9 Å². The van der Waals surface area contributed by atoms with Crippen molar-refractivity contribution in [2.24, 2.45) is 0 Å². The Morgan fingerprint density at radius 2 is 1.64 bits per heavy atom. The molecule has 3 amide bonds. The molecule has 0 spiro atoms. The Labute approximate surface area is 211 Å². The second-order valence-electron chi connectivity index (χ2n) is 8.89. The molecule has 8 nitrogen and oxygen atoms in total. The second kappa shape index (κ2) is 11.3. The molecule has 0 saturated carbocycles. The number of aromatic hydroxyl groups is 1. The summed E-state index contributed by atoms with van der Waals surface area (Å²) in [4.78, 5) is 28.9. The Morgan fingerprint density at radius 1 is 0.972 bits per heavy atom. The third kappa shape index (κ3) is 6.24. The van der Waals surface area contributed by atoms with Crippen LogP contribution in [0.1, 0.15) is 16.7 Å². The number of urea groups is 1. The Hall–Kier alpha value is -3.82. The number of aliphatic hydroxyl groups excluding tert-OH is 2. The number of fused-ring (bicyclic) bond motifs is 1. The van der Waals surface area contributed by atoms with Crippen LogP contribution in [0.3, 0.4) is 0 Å². The summed E-state index contributed by atoms with van der Waals surface area (Å²) in [6.07, 6.45) is -2.53. The Balaban J connectivity index is 1.45. The normalized spacial score (nSPS) is 14.4. The lowest BCUT2D eigenvalue weighted by Crippen LogP contribution is -2.51. The van der Waals surface area contributed by atoms with Gasteiger partial charge in [-0.15, -0.1) is 0 Å². The third-order valence-electron chi connectivity index (χ3n) is 6.23. The number of carbonyl (C=O) groups is 2. The van der Waals surface area contributed by atoms with Gasteiger partial charge < -0.3 is 30.4 Å². The van der Waals surface area contributed by atoms with E-state index >= 15 is 0 Å². The zero-order valence-electron chi connectivity index (χ0n) is 19.7. The monoisotopic (exact) mass is 485 g/mol. The molecule has 2 atom stereocenters. The number of phenols is 1. The van der Waals surface area contributed by atoms with Crippen LogP contribution in [0.5, 0.6) is 5.75 Å². The van der Waals surface area contributed by atoms with E-state index in [-0.39, 0.29) is 18.8 Å². The van der Waals surface area contributed by atoms with Gasteiger partial charge in [-0.2, -0.15) is 0 Å². The predicted octanol–water partition coefficient (Wildman–Crippen LogP) is 1.53. The number of anilines is 1. The molecule has 0 fully saturated rings. The zero-order valence-corrected chi connectivity index (χ0v) is 19.7. The summed E-state index contributed by atoms with van der Waals surface area (Å²) in [6, 6.07) is 20.2. The fourth-order valence-electron chi connectivity index (χ4n) is 4.17. The highest BCUT2D eigenvalue weighted by Gasteiger charge is 2.32. The molecule has 4 rings (SSSR count). The molecule has 4 N–H and O–H groups in total. The Kier molecular flexibility index (Phi) is 7.92. The first-order valence-corrected chi connectivity index (χ1v) is 11.7. The predicted molar refractivity (Wildman–Crippen MR) is 137 cm³/mol. The maximum Gasteiger partial charge on any atom is 0.322 e. The van der Waals surface area contributed by atoms with Gasteiger partial charge >= 0.3 is 6.03 Å². The van der Waals surface area contributed by atoms with Crippen molar-refractivity contribution < 1.29 is 24.9 Å². The van der Waals surface area contributed by atoms with E-state index in [2.05, 4.69) is 5.32 Å². The molecule has 1 aliphatic heterocycles. The first-order valence-electron chi connectivity index (χ1n) is 11.7. The number of rotatable bonds is 7. The quantitative estimate of drug-likeness (QED) is 0.379. The van der Waals surface area contributed by atoms with Crippen LogP contribution in [0, 0.1) is 0 Å². The molecule has 0 saturated heterocycles. The molecule has 0 aromatic heterocycles. The summed E-state index contributed by atoms with van der Waals surface area (Å²) in [7, 11) is 5.71. The number of benzene rings is 3. The summed E-state index contributed by atoms with van der Waals surface area (Å²) in [5.41, 5.74) is 3.92. The van der Waals surface area contributed by atoms with Gasteiger partial charge in [0.15, 0.2) is 6.10 Å². The Morgan fingerprint density at radius 3 is 2.33 bits per heavy atom. The summed E-state index contributed by atoms with van der Waals surface area (Å²) >= 11 is 0. The van der Waals surface area contributed by atoms with E-state index in [0.29, 0.717) is 36.2 Å². The summed E-state index contributed by atoms with van der Waals surface area (Å²) in [6.45, 7) is 0.581. The molecule has 1 aliphatic rings. The van der Waals surface area contributed by atoms with Crippen LogP contribution in [0.4, 0.5) is 10.5 Å². The highest BCUT2D eigenvalue weighted by atomic mass is 16.3. The van der Waals surface area contributed by atoms with Crippen molar-refractivity contribution in [1.29, 1.82) is 0 Å². The van der Waals surface area contributed by atoms with Crippen molar-refractivity contribution in [1.82, 2.24) is 9.80 Å². The van der Waals surface area contributed by atoms with Crippen molar-refractivity contribution >= 4 is 30.9 Å². The maximum absolute atomic E-state index is 13.1. The minimum Gasteiger partial charge on any atom is -0.508 e. The average Bonchev–Trinajstić information content (AvgIpc) is 2.89. The largest absolute Gasteiger partial charge is 0.508 e. The van der Waals surface area contributed by atoms with Gasteiger partial charge in [0.2, 0.25) is 0 Å². The van der Waals surface area contributed by atoms with Gasteiger partial charge in [-0.25, -0.2) is 4.79 Å². The molecular weight excluding hydrogens is 457 g/mol.